The van der Waals surface area contributed by atoms with Gasteiger partial charge in [0, 0.05) is 37.5 Å². The number of thiophene rings is 1. The molecule has 0 atom stereocenters. The zero-order valence-electron chi connectivity index (χ0n) is 16.2. The molecule has 5 aromatic rings. The van der Waals surface area contributed by atoms with Gasteiger partial charge in [-0.15, -0.1) is 11.3 Å². The average molecular weight is 319 g/mol. The first-order valence-corrected chi connectivity index (χ1v) is 8.06. The van der Waals surface area contributed by atoms with Crippen LogP contribution in [0.2, 0.25) is 0 Å². The fourth-order valence-electron chi connectivity index (χ4n) is 3.08. The number of benzene rings is 2. The van der Waals surface area contributed by atoms with E-state index in [9.17, 15) is 0 Å². The van der Waals surface area contributed by atoms with Gasteiger partial charge < -0.3 is 4.42 Å². The van der Waals surface area contributed by atoms with Crippen molar-refractivity contribution in [1.82, 2.24) is 4.98 Å². The van der Waals surface area contributed by atoms with Crippen molar-refractivity contribution in [3.05, 3.63) is 65.6 Å². The molecule has 3 heterocycles. The summed E-state index contributed by atoms with van der Waals surface area (Å²) >= 11 is 1.73. The second kappa shape index (κ2) is 4.67. The highest BCUT2D eigenvalue weighted by atomic mass is 32.1. The van der Waals surface area contributed by atoms with Gasteiger partial charge in [-0.05, 0) is 43.3 Å². The molecule has 0 radical (unpaired) electrons. The number of rotatable bonds is 1. The second-order valence-corrected chi connectivity index (χ2v) is 6.73. The van der Waals surface area contributed by atoms with Crippen molar-refractivity contribution in [2.75, 3.05) is 0 Å². The van der Waals surface area contributed by atoms with Gasteiger partial charge in [-0.2, -0.15) is 0 Å². The Bertz CT molecular complexity index is 1390. The Morgan fingerprint density at radius 3 is 3.04 bits per heavy atom. The molecule has 3 aromatic heterocycles. The van der Waals surface area contributed by atoms with Crippen LogP contribution in [0.15, 0.2) is 65.1 Å². The summed E-state index contributed by atoms with van der Waals surface area (Å²) in [6.45, 7) is 2.08. The zero-order chi connectivity index (χ0) is 18.9. The van der Waals surface area contributed by atoms with Gasteiger partial charge in [0.2, 0.25) is 0 Å². The minimum atomic E-state index is -0.337. The van der Waals surface area contributed by atoms with E-state index in [4.69, 9.17) is 9.90 Å². The van der Waals surface area contributed by atoms with Crippen molar-refractivity contribution in [3.8, 4) is 11.3 Å². The van der Waals surface area contributed by atoms with Crippen LogP contribution in [0.25, 0.3) is 43.3 Å². The molecule has 0 saturated heterocycles. The smallest absolute Gasteiger partial charge is 0.144 e. The van der Waals surface area contributed by atoms with Gasteiger partial charge in [-0.1, -0.05) is 18.2 Å². The Labute approximate surface area is 142 Å². The van der Waals surface area contributed by atoms with Crippen LogP contribution in [0, 0.1) is 6.92 Å². The molecule has 110 valence electrons. The maximum Gasteiger partial charge on any atom is 0.144 e. The van der Waals surface area contributed by atoms with E-state index in [0.717, 1.165) is 21.7 Å². The quantitative estimate of drug-likeness (QED) is 0.369. The minimum absolute atomic E-state index is 0.166. The SMILES string of the molecule is [2H]c1nc(-c2cccc3c2oc2ccc4sc(C)cc4c23)c([2H])c([2H])c1[2H]. The molecular weight excluding hydrogens is 302 g/mol. The lowest BCUT2D eigenvalue weighted by molar-refractivity contribution is 0.670. The second-order valence-electron chi connectivity index (χ2n) is 5.44. The minimum Gasteiger partial charge on any atom is -0.455 e. The number of fused-ring (bicyclic) bond motifs is 5. The first-order valence-electron chi connectivity index (χ1n) is 9.25. The van der Waals surface area contributed by atoms with Crippen molar-refractivity contribution in [1.29, 1.82) is 0 Å². The summed E-state index contributed by atoms with van der Waals surface area (Å²) in [5.74, 6) is 0. The highest BCUT2D eigenvalue weighted by molar-refractivity contribution is 7.19. The van der Waals surface area contributed by atoms with E-state index in [-0.39, 0.29) is 30.0 Å². The van der Waals surface area contributed by atoms with Crippen molar-refractivity contribution in [2.24, 2.45) is 0 Å². The Kier molecular flexibility index (Phi) is 1.93. The fraction of sp³-hybridized carbons (Fsp3) is 0.0500. The van der Waals surface area contributed by atoms with E-state index in [1.54, 1.807) is 17.4 Å². The zero-order valence-corrected chi connectivity index (χ0v) is 13.0. The van der Waals surface area contributed by atoms with E-state index in [2.05, 4.69) is 18.0 Å². The van der Waals surface area contributed by atoms with Gasteiger partial charge in [0.25, 0.3) is 0 Å². The number of nitrogens with zero attached hydrogens (tertiary/aromatic N) is 1. The average Bonchev–Trinajstić information content (AvgIpc) is 3.22. The first-order chi connectivity index (χ1) is 13.0. The normalized spacial score (nSPS) is 14.1. The third kappa shape index (κ3) is 1.83. The third-order valence-electron chi connectivity index (χ3n) is 4.00. The lowest BCUT2D eigenvalue weighted by Gasteiger charge is -2.00. The Morgan fingerprint density at radius 2 is 2.09 bits per heavy atom. The van der Waals surface area contributed by atoms with Crippen LogP contribution in [0.4, 0.5) is 0 Å². The summed E-state index contributed by atoms with van der Waals surface area (Å²) in [6, 6.07) is 11.0. The van der Waals surface area contributed by atoms with Crippen LogP contribution < -0.4 is 0 Å². The highest BCUT2D eigenvalue weighted by Crippen LogP contribution is 2.40. The summed E-state index contributed by atoms with van der Waals surface area (Å²) in [4.78, 5) is 5.33. The molecule has 0 bridgehead atoms. The number of aryl methyl sites for hydroxylation is 1. The molecule has 0 aliphatic carbocycles. The standard InChI is InChI=1S/C20H13NOS/c1-12-11-15-18(23-12)9-8-17-19(15)14-6-4-5-13(20(14)22-17)16-7-2-3-10-21-16/h2-11H,1H3/i2D,3D,7D,10D. The molecule has 23 heavy (non-hydrogen) atoms. The molecule has 0 fully saturated rings. The molecule has 0 N–H and O–H groups in total. The molecule has 0 unspecified atom stereocenters. The number of furan rings is 1. The monoisotopic (exact) mass is 319 g/mol. The summed E-state index contributed by atoms with van der Waals surface area (Å²) < 4.78 is 39.0. The molecule has 0 spiro atoms. The summed E-state index contributed by atoms with van der Waals surface area (Å²) in [5, 5.41) is 3.07. The third-order valence-corrected chi connectivity index (χ3v) is 5.02. The van der Waals surface area contributed by atoms with Crippen LogP contribution in [0.5, 0.6) is 0 Å². The number of aromatic nitrogens is 1. The molecular formula is C20H13NOS. The first kappa shape index (κ1) is 9.48. The molecule has 0 amide bonds. The number of pyridine rings is 1. The molecule has 5 rings (SSSR count). The molecule has 3 heteroatoms. The highest BCUT2D eigenvalue weighted by Gasteiger charge is 2.15. The van der Waals surface area contributed by atoms with E-state index < -0.39 is 0 Å². The molecule has 0 aliphatic rings. The number of para-hydroxylation sites is 1. The summed E-state index contributed by atoms with van der Waals surface area (Å²) in [6.07, 6.45) is -0.310. The van der Waals surface area contributed by atoms with Crippen molar-refractivity contribution in [3.63, 3.8) is 0 Å². The molecule has 2 nitrogen and oxygen atoms in total. The van der Waals surface area contributed by atoms with Crippen LogP contribution in [-0.2, 0) is 0 Å². The fourth-order valence-corrected chi connectivity index (χ4v) is 4.01. The largest absolute Gasteiger partial charge is 0.455 e. The van der Waals surface area contributed by atoms with E-state index >= 15 is 0 Å². The van der Waals surface area contributed by atoms with Crippen LogP contribution in [0.3, 0.4) is 0 Å². The number of hydrogen-bond acceptors (Lipinski definition) is 3. The predicted molar refractivity (Wildman–Crippen MR) is 97.1 cm³/mol. The van der Waals surface area contributed by atoms with Crippen LogP contribution in [-0.4, -0.2) is 4.98 Å². The molecule has 0 saturated carbocycles. The van der Waals surface area contributed by atoms with Gasteiger partial charge in [0.05, 0.1) is 11.2 Å². The van der Waals surface area contributed by atoms with Gasteiger partial charge in [0.1, 0.15) is 11.2 Å². The Hall–Kier alpha value is -2.65. The van der Waals surface area contributed by atoms with Gasteiger partial charge >= 0.3 is 0 Å². The van der Waals surface area contributed by atoms with E-state index in [0.29, 0.717) is 11.1 Å². The summed E-state index contributed by atoms with van der Waals surface area (Å²) in [7, 11) is 0. The van der Waals surface area contributed by atoms with Crippen LogP contribution >= 0.6 is 11.3 Å². The van der Waals surface area contributed by atoms with Crippen LogP contribution in [0.1, 0.15) is 10.4 Å². The Morgan fingerprint density at radius 1 is 1.13 bits per heavy atom. The van der Waals surface area contributed by atoms with Gasteiger partial charge in [0.15, 0.2) is 0 Å². The van der Waals surface area contributed by atoms with Crippen molar-refractivity contribution in [2.45, 2.75) is 6.92 Å². The topological polar surface area (TPSA) is 26.0 Å². The van der Waals surface area contributed by atoms with Crippen molar-refractivity contribution < 1.29 is 9.90 Å². The Balaban J connectivity index is 1.92. The lowest BCUT2D eigenvalue weighted by atomic mass is 10.0. The maximum atomic E-state index is 8.22. The summed E-state index contributed by atoms with van der Waals surface area (Å²) in [5.41, 5.74) is 2.10. The lowest BCUT2D eigenvalue weighted by Crippen LogP contribution is -1.82. The predicted octanol–water partition coefficient (Wildman–Crippen LogP) is 6.17. The maximum absolute atomic E-state index is 8.22. The molecule has 0 aliphatic heterocycles. The van der Waals surface area contributed by atoms with Gasteiger partial charge in [-0.25, -0.2) is 0 Å². The van der Waals surface area contributed by atoms with Crippen molar-refractivity contribution >= 4 is 43.4 Å². The van der Waals surface area contributed by atoms with E-state index in [1.165, 1.54) is 9.58 Å². The number of hydrogen-bond donors (Lipinski definition) is 0. The van der Waals surface area contributed by atoms with E-state index in [1.807, 2.05) is 24.3 Å². The van der Waals surface area contributed by atoms with Gasteiger partial charge in [-0.3, -0.25) is 4.98 Å². The molecule has 2 aromatic carbocycles.